The Balaban J connectivity index is 1.74. The van der Waals surface area contributed by atoms with E-state index in [0.717, 1.165) is 13.1 Å². The van der Waals surface area contributed by atoms with Crippen LogP contribution in [-0.2, 0) is 0 Å². The van der Waals surface area contributed by atoms with Crippen LogP contribution in [0.5, 0.6) is 0 Å². The van der Waals surface area contributed by atoms with Gasteiger partial charge < -0.3 is 20.0 Å². The first-order valence-corrected chi connectivity index (χ1v) is 7.56. The van der Waals surface area contributed by atoms with Crippen LogP contribution in [0.2, 0.25) is 0 Å². The zero-order valence-electron chi connectivity index (χ0n) is 11.3. The third-order valence-electron chi connectivity index (χ3n) is 3.27. The van der Waals surface area contributed by atoms with Crippen LogP contribution in [0.15, 0.2) is 34.3 Å². The molecule has 0 spiro atoms. The zero-order valence-corrected chi connectivity index (χ0v) is 12.1. The van der Waals surface area contributed by atoms with Crippen LogP contribution >= 0.6 is 11.3 Å². The number of hydrogen-bond donors (Lipinski definition) is 2. The topological polar surface area (TPSA) is 74.6 Å². The Bertz CT molecular complexity index is 630. The van der Waals surface area contributed by atoms with E-state index in [4.69, 9.17) is 4.42 Å². The Morgan fingerprint density at radius 2 is 2.10 bits per heavy atom. The van der Waals surface area contributed by atoms with Crippen molar-refractivity contribution >= 4 is 28.2 Å². The molecule has 1 saturated heterocycles. The first-order chi connectivity index (χ1) is 10.3. The summed E-state index contributed by atoms with van der Waals surface area (Å²) in [5.41, 5.74) is 0.529. The number of carbonyl (C=O) groups excluding carboxylic acids is 2. The molecular formula is C14H15N3O3S. The average molecular weight is 305 g/mol. The van der Waals surface area contributed by atoms with Crippen LogP contribution < -0.4 is 10.6 Å². The summed E-state index contributed by atoms with van der Waals surface area (Å²) in [7, 11) is 0. The molecule has 3 heterocycles. The highest BCUT2D eigenvalue weighted by Crippen LogP contribution is 2.25. The van der Waals surface area contributed by atoms with Gasteiger partial charge in [0.25, 0.3) is 11.8 Å². The van der Waals surface area contributed by atoms with Gasteiger partial charge in [-0.3, -0.25) is 9.59 Å². The van der Waals surface area contributed by atoms with Gasteiger partial charge in [-0.05, 0) is 23.6 Å². The fourth-order valence-corrected chi connectivity index (χ4v) is 2.96. The molecule has 1 aliphatic rings. The van der Waals surface area contributed by atoms with Crippen molar-refractivity contribution in [2.24, 2.45) is 0 Å². The number of piperazine rings is 1. The van der Waals surface area contributed by atoms with Gasteiger partial charge in [-0.15, -0.1) is 11.3 Å². The maximum atomic E-state index is 12.5. The molecule has 2 aromatic rings. The SMILES string of the molecule is O=C(Nc1sccc1C(=O)N1CCNCC1)c1ccco1. The molecule has 0 aliphatic carbocycles. The summed E-state index contributed by atoms with van der Waals surface area (Å²) in [6, 6.07) is 4.98. The molecule has 1 fully saturated rings. The summed E-state index contributed by atoms with van der Waals surface area (Å²) < 4.78 is 5.05. The number of nitrogens with zero attached hydrogens (tertiary/aromatic N) is 1. The maximum absolute atomic E-state index is 12.5. The lowest BCUT2D eigenvalue weighted by molar-refractivity contribution is 0.0737. The summed E-state index contributed by atoms with van der Waals surface area (Å²) in [5, 5.41) is 8.30. The predicted molar refractivity (Wildman–Crippen MR) is 79.8 cm³/mol. The van der Waals surface area contributed by atoms with Gasteiger partial charge in [0.05, 0.1) is 11.8 Å². The number of nitrogens with one attached hydrogen (secondary N) is 2. The largest absolute Gasteiger partial charge is 0.459 e. The van der Waals surface area contributed by atoms with Crippen LogP contribution in [-0.4, -0.2) is 42.9 Å². The lowest BCUT2D eigenvalue weighted by Gasteiger charge is -2.27. The molecular weight excluding hydrogens is 290 g/mol. The predicted octanol–water partition coefficient (Wildman–Crippen LogP) is 1.64. The number of anilines is 1. The molecule has 0 aromatic carbocycles. The maximum Gasteiger partial charge on any atom is 0.291 e. The third kappa shape index (κ3) is 2.98. The van der Waals surface area contributed by atoms with Crippen LogP contribution in [0.4, 0.5) is 5.00 Å². The van der Waals surface area contributed by atoms with Crippen LogP contribution in [0.3, 0.4) is 0 Å². The van der Waals surface area contributed by atoms with E-state index in [9.17, 15) is 9.59 Å². The average Bonchev–Trinajstić information content (AvgIpc) is 3.19. The highest BCUT2D eigenvalue weighted by atomic mass is 32.1. The first-order valence-electron chi connectivity index (χ1n) is 6.68. The highest BCUT2D eigenvalue weighted by molar-refractivity contribution is 7.14. The molecule has 6 nitrogen and oxygen atoms in total. The summed E-state index contributed by atoms with van der Waals surface area (Å²) in [6.07, 6.45) is 1.44. The first kappa shape index (κ1) is 13.8. The van der Waals surface area contributed by atoms with E-state index in [1.807, 2.05) is 0 Å². The number of amides is 2. The summed E-state index contributed by atoms with van der Waals surface area (Å²) in [5.74, 6) is -0.173. The van der Waals surface area contributed by atoms with Crippen molar-refractivity contribution in [1.29, 1.82) is 0 Å². The van der Waals surface area contributed by atoms with Crippen molar-refractivity contribution in [3.63, 3.8) is 0 Å². The van der Waals surface area contributed by atoms with Crippen molar-refractivity contribution < 1.29 is 14.0 Å². The van der Waals surface area contributed by atoms with Gasteiger partial charge in [0.1, 0.15) is 5.00 Å². The van der Waals surface area contributed by atoms with Crippen molar-refractivity contribution in [2.75, 3.05) is 31.5 Å². The van der Waals surface area contributed by atoms with E-state index in [1.165, 1.54) is 17.6 Å². The second kappa shape index (κ2) is 6.11. The molecule has 0 atom stereocenters. The van der Waals surface area contributed by atoms with Crippen LogP contribution in [0.25, 0.3) is 0 Å². The molecule has 110 valence electrons. The molecule has 0 radical (unpaired) electrons. The number of rotatable bonds is 3. The smallest absolute Gasteiger partial charge is 0.291 e. The molecule has 0 unspecified atom stereocenters. The van der Waals surface area contributed by atoms with E-state index in [1.54, 1.807) is 28.5 Å². The molecule has 7 heteroatoms. The summed E-state index contributed by atoms with van der Waals surface area (Å²) >= 11 is 1.33. The molecule has 0 bridgehead atoms. The zero-order chi connectivity index (χ0) is 14.7. The number of furan rings is 1. The summed E-state index contributed by atoms with van der Waals surface area (Å²) in [6.45, 7) is 2.95. The third-order valence-corrected chi connectivity index (χ3v) is 4.10. The van der Waals surface area contributed by atoms with Crippen molar-refractivity contribution in [2.45, 2.75) is 0 Å². The lowest BCUT2D eigenvalue weighted by Crippen LogP contribution is -2.46. The Kier molecular flexibility index (Phi) is 4.03. The Morgan fingerprint density at radius 3 is 2.81 bits per heavy atom. The fraction of sp³-hybridized carbons (Fsp3) is 0.286. The van der Waals surface area contributed by atoms with Crippen molar-refractivity contribution in [3.05, 3.63) is 41.2 Å². The summed E-state index contributed by atoms with van der Waals surface area (Å²) in [4.78, 5) is 26.3. The Hall–Kier alpha value is -2.12. The van der Waals surface area contributed by atoms with Gasteiger partial charge in [-0.1, -0.05) is 0 Å². The van der Waals surface area contributed by atoms with Crippen molar-refractivity contribution in [3.8, 4) is 0 Å². The molecule has 2 aromatic heterocycles. The van der Waals surface area contributed by atoms with Gasteiger partial charge in [0.2, 0.25) is 0 Å². The monoisotopic (exact) mass is 305 g/mol. The minimum absolute atomic E-state index is 0.0486. The number of thiophene rings is 1. The van der Waals surface area contributed by atoms with Crippen LogP contribution in [0, 0.1) is 0 Å². The van der Waals surface area contributed by atoms with E-state index in [2.05, 4.69) is 10.6 Å². The van der Waals surface area contributed by atoms with Gasteiger partial charge in [0.15, 0.2) is 5.76 Å². The van der Waals surface area contributed by atoms with E-state index >= 15 is 0 Å². The van der Waals surface area contributed by atoms with Gasteiger partial charge in [0, 0.05) is 26.2 Å². The van der Waals surface area contributed by atoms with E-state index in [0.29, 0.717) is 23.7 Å². The second-order valence-corrected chi connectivity index (χ2v) is 5.55. The second-order valence-electron chi connectivity index (χ2n) is 4.64. The van der Waals surface area contributed by atoms with Gasteiger partial charge in [-0.25, -0.2) is 0 Å². The molecule has 0 saturated carbocycles. The fourth-order valence-electron chi connectivity index (χ4n) is 2.19. The number of hydrogen-bond acceptors (Lipinski definition) is 5. The van der Waals surface area contributed by atoms with Crippen LogP contribution in [0.1, 0.15) is 20.9 Å². The Morgan fingerprint density at radius 1 is 1.29 bits per heavy atom. The molecule has 2 N–H and O–H groups in total. The Labute approximate surface area is 125 Å². The molecule has 3 rings (SSSR count). The normalized spacial score (nSPS) is 15.0. The lowest BCUT2D eigenvalue weighted by atomic mass is 10.2. The number of carbonyl (C=O) groups is 2. The quantitative estimate of drug-likeness (QED) is 0.904. The molecule has 21 heavy (non-hydrogen) atoms. The van der Waals surface area contributed by atoms with Gasteiger partial charge in [-0.2, -0.15) is 0 Å². The van der Waals surface area contributed by atoms with Crippen molar-refractivity contribution in [1.82, 2.24) is 10.2 Å². The molecule has 1 aliphatic heterocycles. The minimum atomic E-state index is -0.350. The standard InChI is InChI=1S/C14H15N3O3S/c18-12(11-2-1-8-20-11)16-13-10(3-9-21-13)14(19)17-6-4-15-5-7-17/h1-3,8-9,15H,4-7H2,(H,16,18). The van der Waals surface area contributed by atoms with Gasteiger partial charge >= 0.3 is 0 Å². The minimum Gasteiger partial charge on any atom is -0.459 e. The molecule has 2 amide bonds. The van der Waals surface area contributed by atoms with E-state index < -0.39 is 0 Å². The van der Waals surface area contributed by atoms with E-state index in [-0.39, 0.29) is 17.6 Å². The highest BCUT2D eigenvalue weighted by Gasteiger charge is 2.22.